The number of carbonyl (C=O) groups excluding carboxylic acids is 1. The molecule has 0 aliphatic heterocycles. The Morgan fingerprint density at radius 2 is 1.83 bits per heavy atom. The van der Waals surface area contributed by atoms with Crippen molar-refractivity contribution in [1.29, 1.82) is 0 Å². The molecule has 0 bridgehead atoms. The normalized spacial score (nSPS) is 12.2. The highest BCUT2D eigenvalue weighted by Crippen LogP contribution is 2.06. The van der Waals surface area contributed by atoms with Crippen LogP contribution in [0.25, 0.3) is 0 Å². The Morgan fingerprint density at radius 3 is 2.28 bits per heavy atom. The summed E-state index contributed by atoms with van der Waals surface area (Å²) >= 11 is 0. The highest BCUT2D eigenvalue weighted by molar-refractivity contribution is 5.86. The number of carboxylic acid groups (broad SMARTS) is 1. The average molecular weight is 255 g/mol. The predicted molar refractivity (Wildman–Crippen MR) is 61.8 cm³/mol. The van der Waals surface area contributed by atoms with Gasteiger partial charge in [0.15, 0.2) is 0 Å². The average Bonchev–Trinajstić information content (AvgIpc) is 2.30. The van der Waals surface area contributed by atoms with Gasteiger partial charge in [-0.15, -0.1) is 0 Å². The quantitative estimate of drug-likeness (QED) is 0.513. The van der Waals surface area contributed by atoms with Crippen molar-refractivity contribution in [2.75, 3.05) is 0 Å². The molecule has 0 radical (unpaired) electrons. The van der Waals surface area contributed by atoms with Crippen molar-refractivity contribution in [1.82, 2.24) is 5.32 Å². The van der Waals surface area contributed by atoms with E-state index in [4.69, 9.17) is 16.6 Å². The van der Waals surface area contributed by atoms with Gasteiger partial charge in [-0.25, -0.2) is 9.18 Å². The molecule has 6 N–H and O–H groups in total. The summed E-state index contributed by atoms with van der Waals surface area (Å²) in [7, 11) is 0. The van der Waals surface area contributed by atoms with Crippen LogP contribution in [0, 0.1) is 5.82 Å². The number of carbonyl (C=O) groups is 2. The van der Waals surface area contributed by atoms with E-state index in [1.165, 1.54) is 24.3 Å². The van der Waals surface area contributed by atoms with Gasteiger partial charge in [-0.05, 0) is 17.7 Å². The standard InChI is InChI=1S/C11H14FN3O3/c12-7-3-1-6(2-4-7)5-8(11(17)18)15-10(16)9(13)14/h1-4,8-9H,5,13-14H2,(H,15,16)(H,17,18). The molecule has 0 aliphatic carbocycles. The zero-order valence-electron chi connectivity index (χ0n) is 9.47. The minimum atomic E-state index is -1.28. The van der Waals surface area contributed by atoms with Crippen molar-refractivity contribution >= 4 is 11.9 Å². The number of hydrogen-bond acceptors (Lipinski definition) is 4. The van der Waals surface area contributed by atoms with Crippen LogP contribution in [-0.2, 0) is 16.0 Å². The van der Waals surface area contributed by atoms with Crippen LogP contribution in [0.5, 0.6) is 0 Å². The van der Waals surface area contributed by atoms with E-state index >= 15 is 0 Å². The van der Waals surface area contributed by atoms with Gasteiger partial charge in [-0.3, -0.25) is 4.79 Å². The van der Waals surface area contributed by atoms with Gasteiger partial charge in [0.05, 0.1) is 0 Å². The van der Waals surface area contributed by atoms with Crippen LogP contribution < -0.4 is 16.8 Å². The van der Waals surface area contributed by atoms with Gasteiger partial charge >= 0.3 is 5.97 Å². The number of halogens is 1. The summed E-state index contributed by atoms with van der Waals surface area (Å²) in [6, 6.07) is 4.16. The Hall–Kier alpha value is -1.99. The summed E-state index contributed by atoms with van der Waals surface area (Å²) in [4.78, 5) is 22.2. The molecule has 1 rings (SSSR count). The molecule has 0 fully saturated rings. The number of nitrogens with one attached hydrogen (secondary N) is 1. The van der Waals surface area contributed by atoms with Crippen molar-refractivity contribution in [2.45, 2.75) is 18.6 Å². The molecule has 0 spiro atoms. The third-order valence-electron chi connectivity index (χ3n) is 2.27. The summed E-state index contributed by atoms with van der Waals surface area (Å²) in [5.41, 5.74) is 10.8. The smallest absolute Gasteiger partial charge is 0.326 e. The molecule has 0 aromatic heterocycles. The van der Waals surface area contributed by atoms with Gasteiger partial charge in [0.2, 0.25) is 0 Å². The summed E-state index contributed by atoms with van der Waals surface area (Å²) in [6.07, 6.45) is -1.26. The molecule has 7 heteroatoms. The maximum atomic E-state index is 12.7. The minimum absolute atomic E-state index is 0.0219. The van der Waals surface area contributed by atoms with Crippen LogP contribution in [0.2, 0.25) is 0 Å². The van der Waals surface area contributed by atoms with Crippen LogP contribution in [-0.4, -0.2) is 29.2 Å². The molecule has 1 aromatic carbocycles. The Bertz CT molecular complexity index is 434. The SMILES string of the molecule is NC(N)C(=O)NC(Cc1ccc(F)cc1)C(=O)O. The second-order valence-electron chi connectivity index (χ2n) is 3.76. The lowest BCUT2D eigenvalue weighted by molar-refractivity contribution is -0.141. The minimum Gasteiger partial charge on any atom is -0.480 e. The first-order valence-corrected chi connectivity index (χ1v) is 5.19. The summed E-state index contributed by atoms with van der Waals surface area (Å²) in [5, 5.41) is 11.1. The number of amides is 1. The van der Waals surface area contributed by atoms with Crippen LogP contribution in [0.4, 0.5) is 4.39 Å². The molecule has 98 valence electrons. The Labute approximate surface area is 103 Å². The van der Waals surface area contributed by atoms with Crippen molar-refractivity contribution in [3.63, 3.8) is 0 Å². The lowest BCUT2D eigenvalue weighted by Gasteiger charge is -2.16. The first-order valence-electron chi connectivity index (χ1n) is 5.19. The maximum Gasteiger partial charge on any atom is 0.326 e. The Kier molecular flexibility index (Phi) is 4.75. The monoisotopic (exact) mass is 255 g/mol. The van der Waals surface area contributed by atoms with E-state index < -0.39 is 29.9 Å². The van der Waals surface area contributed by atoms with Crippen molar-refractivity contribution < 1.29 is 19.1 Å². The maximum absolute atomic E-state index is 12.7. The summed E-state index contributed by atoms with van der Waals surface area (Å²) in [5.74, 6) is -2.39. The van der Waals surface area contributed by atoms with E-state index in [0.29, 0.717) is 5.56 Å². The van der Waals surface area contributed by atoms with E-state index in [1.807, 2.05) is 0 Å². The van der Waals surface area contributed by atoms with Gasteiger partial charge in [0.1, 0.15) is 18.0 Å². The predicted octanol–water partition coefficient (Wildman–Crippen LogP) is -0.819. The highest BCUT2D eigenvalue weighted by Gasteiger charge is 2.21. The molecule has 1 aromatic rings. The lowest BCUT2D eigenvalue weighted by Crippen LogP contribution is -2.52. The molecule has 1 unspecified atom stereocenters. The Morgan fingerprint density at radius 1 is 1.28 bits per heavy atom. The topological polar surface area (TPSA) is 118 Å². The number of benzene rings is 1. The third kappa shape index (κ3) is 4.11. The highest BCUT2D eigenvalue weighted by atomic mass is 19.1. The molecule has 0 saturated carbocycles. The molecule has 6 nitrogen and oxygen atoms in total. The zero-order valence-corrected chi connectivity index (χ0v) is 9.47. The van der Waals surface area contributed by atoms with Crippen LogP contribution in [0.1, 0.15) is 5.56 Å². The fourth-order valence-electron chi connectivity index (χ4n) is 1.32. The van der Waals surface area contributed by atoms with Gasteiger partial charge in [-0.1, -0.05) is 12.1 Å². The zero-order chi connectivity index (χ0) is 13.7. The molecule has 1 atom stereocenters. The summed E-state index contributed by atoms with van der Waals surface area (Å²) in [6.45, 7) is 0. The molecule has 0 aliphatic rings. The molecular formula is C11H14FN3O3. The van der Waals surface area contributed by atoms with E-state index in [0.717, 1.165) is 0 Å². The summed E-state index contributed by atoms with van der Waals surface area (Å²) < 4.78 is 12.7. The first kappa shape index (κ1) is 14.1. The fraction of sp³-hybridized carbons (Fsp3) is 0.273. The van der Waals surface area contributed by atoms with Gasteiger partial charge in [0, 0.05) is 6.42 Å². The largest absolute Gasteiger partial charge is 0.480 e. The van der Waals surface area contributed by atoms with Crippen molar-refractivity contribution in [3.05, 3.63) is 35.6 Å². The van der Waals surface area contributed by atoms with Crippen molar-refractivity contribution in [2.24, 2.45) is 11.5 Å². The number of hydrogen-bond donors (Lipinski definition) is 4. The second kappa shape index (κ2) is 6.08. The molecular weight excluding hydrogens is 241 g/mol. The van der Waals surface area contributed by atoms with Crippen LogP contribution >= 0.6 is 0 Å². The number of carboxylic acids is 1. The molecule has 0 heterocycles. The first-order chi connectivity index (χ1) is 8.40. The molecule has 18 heavy (non-hydrogen) atoms. The molecule has 0 saturated heterocycles. The van der Waals surface area contributed by atoms with E-state index in [2.05, 4.69) is 5.32 Å². The van der Waals surface area contributed by atoms with Gasteiger partial charge in [-0.2, -0.15) is 0 Å². The van der Waals surface area contributed by atoms with E-state index in [9.17, 15) is 14.0 Å². The van der Waals surface area contributed by atoms with Gasteiger partial charge < -0.3 is 21.9 Å². The van der Waals surface area contributed by atoms with Crippen LogP contribution in [0.15, 0.2) is 24.3 Å². The van der Waals surface area contributed by atoms with Crippen LogP contribution in [0.3, 0.4) is 0 Å². The van der Waals surface area contributed by atoms with Gasteiger partial charge in [0.25, 0.3) is 5.91 Å². The Balaban J connectivity index is 2.72. The third-order valence-corrected chi connectivity index (χ3v) is 2.27. The lowest BCUT2D eigenvalue weighted by atomic mass is 10.1. The fourth-order valence-corrected chi connectivity index (χ4v) is 1.32. The van der Waals surface area contributed by atoms with Crippen molar-refractivity contribution in [3.8, 4) is 0 Å². The van der Waals surface area contributed by atoms with E-state index in [-0.39, 0.29) is 6.42 Å². The second-order valence-corrected chi connectivity index (χ2v) is 3.76. The van der Waals surface area contributed by atoms with E-state index in [1.54, 1.807) is 0 Å². The number of nitrogens with two attached hydrogens (primary N) is 2. The number of rotatable bonds is 5. The number of aliphatic carboxylic acids is 1. The molecule has 1 amide bonds.